The van der Waals surface area contributed by atoms with Gasteiger partial charge in [0.15, 0.2) is 0 Å². The van der Waals surface area contributed by atoms with Gasteiger partial charge in [0, 0.05) is 47.6 Å². The first-order valence-electron chi connectivity index (χ1n) is 10.4. The molecular formula is C24H25N3O2S2. The van der Waals surface area contributed by atoms with Crippen LogP contribution in [0, 0.1) is 6.92 Å². The maximum atomic E-state index is 12.6. The van der Waals surface area contributed by atoms with E-state index in [4.69, 9.17) is 0 Å². The molecule has 1 aliphatic heterocycles. The number of thioether (sulfide) groups is 1. The third-order valence-electron chi connectivity index (χ3n) is 5.20. The summed E-state index contributed by atoms with van der Waals surface area (Å²) in [5.41, 5.74) is 4.44. The van der Waals surface area contributed by atoms with E-state index in [1.807, 2.05) is 65.7 Å². The third-order valence-corrected chi connectivity index (χ3v) is 7.41. The minimum absolute atomic E-state index is 0.0760. The van der Waals surface area contributed by atoms with E-state index < -0.39 is 0 Å². The van der Waals surface area contributed by atoms with Crippen molar-refractivity contribution in [2.75, 3.05) is 13.1 Å². The molecule has 0 bridgehead atoms. The van der Waals surface area contributed by atoms with Crippen LogP contribution in [-0.2, 0) is 12.3 Å². The molecule has 2 amide bonds. The Hall–Kier alpha value is -2.64. The van der Waals surface area contributed by atoms with Gasteiger partial charge in [-0.15, -0.1) is 11.3 Å². The molecule has 1 N–H and O–H groups in total. The highest BCUT2D eigenvalue weighted by atomic mass is 32.2. The standard InChI is InChI=1S/C24H25N3O2S2/c1-17-15-30-24(26-17)31-16-18-7-9-20(10-8-18)22(28)25-14-19-5-4-6-21(13-19)23(29)27-11-2-3-12-27/h4-10,13,15H,2-3,11-12,14,16H2,1H3,(H,25,28). The number of benzene rings is 2. The van der Waals surface area contributed by atoms with Gasteiger partial charge in [0.1, 0.15) is 4.34 Å². The fourth-order valence-electron chi connectivity index (χ4n) is 3.50. The molecule has 160 valence electrons. The maximum absolute atomic E-state index is 12.6. The molecule has 0 saturated carbocycles. The number of aryl methyl sites for hydroxylation is 1. The summed E-state index contributed by atoms with van der Waals surface area (Å²) in [6.07, 6.45) is 2.15. The van der Waals surface area contributed by atoms with Crippen molar-refractivity contribution in [3.05, 3.63) is 81.9 Å². The molecule has 3 aromatic rings. The van der Waals surface area contributed by atoms with E-state index in [1.54, 1.807) is 23.1 Å². The first-order chi connectivity index (χ1) is 15.1. The number of likely N-dealkylation sites (tertiary alicyclic amines) is 1. The zero-order valence-corrected chi connectivity index (χ0v) is 19.1. The second-order valence-electron chi connectivity index (χ2n) is 7.62. The quantitative estimate of drug-likeness (QED) is 0.519. The Labute approximate surface area is 190 Å². The van der Waals surface area contributed by atoms with Crippen molar-refractivity contribution >= 4 is 34.9 Å². The van der Waals surface area contributed by atoms with Gasteiger partial charge >= 0.3 is 0 Å². The lowest BCUT2D eigenvalue weighted by Gasteiger charge is -2.15. The molecule has 2 heterocycles. The SMILES string of the molecule is Cc1csc(SCc2ccc(C(=O)NCc3cccc(C(=O)N4CCCC4)c3)cc2)n1. The Morgan fingerprint density at radius 3 is 2.55 bits per heavy atom. The van der Waals surface area contributed by atoms with Crippen LogP contribution >= 0.6 is 23.1 Å². The molecule has 1 aliphatic rings. The average molecular weight is 452 g/mol. The Kier molecular flexibility index (Phi) is 7.04. The minimum Gasteiger partial charge on any atom is -0.348 e. The number of carbonyl (C=O) groups is 2. The Morgan fingerprint density at radius 1 is 1.06 bits per heavy atom. The minimum atomic E-state index is -0.119. The van der Waals surface area contributed by atoms with E-state index in [-0.39, 0.29) is 11.8 Å². The van der Waals surface area contributed by atoms with Crippen LogP contribution in [0.25, 0.3) is 0 Å². The van der Waals surface area contributed by atoms with Crippen molar-refractivity contribution < 1.29 is 9.59 Å². The lowest BCUT2D eigenvalue weighted by atomic mass is 10.1. The Bertz CT molecular complexity index is 1060. The molecule has 4 rings (SSSR count). The van der Waals surface area contributed by atoms with E-state index in [9.17, 15) is 9.59 Å². The van der Waals surface area contributed by atoms with Gasteiger partial charge < -0.3 is 10.2 Å². The van der Waals surface area contributed by atoms with Gasteiger partial charge in [0.25, 0.3) is 11.8 Å². The summed E-state index contributed by atoms with van der Waals surface area (Å²) in [6, 6.07) is 15.2. The zero-order chi connectivity index (χ0) is 21.6. The Morgan fingerprint density at radius 2 is 1.84 bits per heavy atom. The largest absolute Gasteiger partial charge is 0.348 e. The summed E-state index contributed by atoms with van der Waals surface area (Å²) in [4.78, 5) is 31.5. The van der Waals surface area contributed by atoms with Crippen LogP contribution in [0.1, 0.15) is 50.4 Å². The smallest absolute Gasteiger partial charge is 0.253 e. The molecule has 1 aromatic heterocycles. The molecule has 1 fully saturated rings. The van der Waals surface area contributed by atoms with Crippen LogP contribution in [0.5, 0.6) is 0 Å². The highest BCUT2D eigenvalue weighted by molar-refractivity contribution is 8.00. The predicted molar refractivity (Wildman–Crippen MR) is 126 cm³/mol. The first kappa shape index (κ1) is 21.6. The van der Waals surface area contributed by atoms with Crippen molar-refractivity contribution in [1.82, 2.24) is 15.2 Å². The summed E-state index contributed by atoms with van der Waals surface area (Å²) in [5, 5.41) is 5.00. The van der Waals surface area contributed by atoms with E-state index in [0.29, 0.717) is 17.7 Å². The van der Waals surface area contributed by atoms with E-state index in [1.165, 1.54) is 0 Å². The molecule has 1 saturated heterocycles. The lowest BCUT2D eigenvalue weighted by molar-refractivity contribution is 0.0792. The van der Waals surface area contributed by atoms with Gasteiger partial charge in [-0.2, -0.15) is 0 Å². The molecule has 7 heteroatoms. The summed E-state index contributed by atoms with van der Waals surface area (Å²) in [5.74, 6) is 0.783. The molecular weight excluding hydrogens is 426 g/mol. The fourth-order valence-corrected chi connectivity index (χ4v) is 5.30. The maximum Gasteiger partial charge on any atom is 0.253 e. The van der Waals surface area contributed by atoms with Crippen LogP contribution in [0.3, 0.4) is 0 Å². The van der Waals surface area contributed by atoms with Gasteiger partial charge in [0.05, 0.1) is 0 Å². The molecule has 0 atom stereocenters. The van der Waals surface area contributed by atoms with Gasteiger partial charge in [-0.1, -0.05) is 36.0 Å². The molecule has 5 nitrogen and oxygen atoms in total. The molecule has 31 heavy (non-hydrogen) atoms. The average Bonchev–Trinajstić information content (AvgIpc) is 3.48. The number of rotatable bonds is 7. The first-order valence-corrected chi connectivity index (χ1v) is 12.3. The van der Waals surface area contributed by atoms with Gasteiger partial charge in [-0.05, 0) is 55.2 Å². The zero-order valence-electron chi connectivity index (χ0n) is 17.5. The van der Waals surface area contributed by atoms with Crippen LogP contribution in [0.4, 0.5) is 0 Å². The monoisotopic (exact) mass is 451 g/mol. The van der Waals surface area contributed by atoms with Crippen molar-refractivity contribution in [3.63, 3.8) is 0 Å². The molecule has 0 spiro atoms. The lowest BCUT2D eigenvalue weighted by Crippen LogP contribution is -2.28. The number of hydrogen-bond acceptors (Lipinski definition) is 5. The van der Waals surface area contributed by atoms with Crippen LogP contribution in [0.2, 0.25) is 0 Å². The fraction of sp³-hybridized carbons (Fsp3) is 0.292. The van der Waals surface area contributed by atoms with Gasteiger partial charge in [-0.3, -0.25) is 9.59 Å². The number of nitrogens with one attached hydrogen (secondary N) is 1. The number of carbonyl (C=O) groups excluding carboxylic acids is 2. The van der Waals surface area contributed by atoms with Crippen molar-refractivity contribution in [2.45, 2.75) is 36.4 Å². The van der Waals surface area contributed by atoms with E-state index in [0.717, 1.165) is 52.8 Å². The molecule has 0 unspecified atom stereocenters. The van der Waals surface area contributed by atoms with Crippen molar-refractivity contribution in [1.29, 1.82) is 0 Å². The van der Waals surface area contributed by atoms with Gasteiger partial charge in [0.2, 0.25) is 0 Å². The molecule has 2 aromatic carbocycles. The molecule has 0 aliphatic carbocycles. The van der Waals surface area contributed by atoms with E-state index >= 15 is 0 Å². The number of aromatic nitrogens is 1. The van der Waals surface area contributed by atoms with Crippen molar-refractivity contribution in [3.8, 4) is 0 Å². The normalized spacial score (nSPS) is 13.4. The topological polar surface area (TPSA) is 62.3 Å². The highest BCUT2D eigenvalue weighted by Crippen LogP contribution is 2.26. The second-order valence-corrected chi connectivity index (χ2v) is 9.70. The summed E-state index contributed by atoms with van der Waals surface area (Å²) < 4.78 is 1.06. The third kappa shape index (κ3) is 5.74. The number of nitrogens with zero attached hydrogens (tertiary/aromatic N) is 2. The van der Waals surface area contributed by atoms with E-state index in [2.05, 4.69) is 10.3 Å². The second kappa shape index (κ2) is 10.1. The molecule has 0 radical (unpaired) electrons. The van der Waals surface area contributed by atoms with Crippen LogP contribution < -0.4 is 5.32 Å². The summed E-state index contributed by atoms with van der Waals surface area (Å²) >= 11 is 3.36. The number of hydrogen-bond donors (Lipinski definition) is 1. The highest BCUT2D eigenvalue weighted by Gasteiger charge is 2.19. The van der Waals surface area contributed by atoms with Crippen LogP contribution in [0.15, 0.2) is 58.3 Å². The van der Waals surface area contributed by atoms with Crippen molar-refractivity contribution in [2.24, 2.45) is 0 Å². The summed E-state index contributed by atoms with van der Waals surface area (Å²) in [7, 11) is 0. The predicted octanol–water partition coefficient (Wildman–Crippen LogP) is 4.91. The summed E-state index contributed by atoms with van der Waals surface area (Å²) in [6.45, 7) is 4.05. The number of thiazole rings is 1. The van der Waals surface area contributed by atoms with Crippen LogP contribution in [-0.4, -0.2) is 34.8 Å². The number of amides is 2. The Balaban J connectivity index is 1.30. The van der Waals surface area contributed by atoms with Gasteiger partial charge in [-0.25, -0.2) is 4.98 Å².